The first kappa shape index (κ1) is 15.1. The number of rotatable bonds is 6. The molecule has 0 spiro atoms. The second kappa shape index (κ2) is 6.87. The number of hydrogen-bond donors (Lipinski definition) is 1. The van der Waals surface area contributed by atoms with Crippen LogP contribution in [0.2, 0.25) is 0 Å². The molecule has 1 N–H and O–H groups in total. The minimum absolute atomic E-state index is 0.0866. The number of ether oxygens (including phenoxy) is 1. The van der Waals surface area contributed by atoms with Crippen LogP contribution in [0.25, 0.3) is 0 Å². The van der Waals surface area contributed by atoms with Crippen molar-refractivity contribution in [2.75, 3.05) is 6.54 Å². The van der Waals surface area contributed by atoms with Crippen LogP contribution in [0, 0.1) is 11.7 Å². The van der Waals surface area contributed by atoms with Gasteiger partial charge < -0.3 is 10.1 Å². The molecule has 1 amide bonds. The molecule has 5 heteroatoms. The molecule has 0 fully saturated rings. The lowest BCUT2D eigenvalue weighted by molar-refractivity contribution is -0.127. The molecule has 1 aromatic rings. The third-order valence-corrected chi connectivity index (χ3v) is 2.46. The van der Waals surface area contributed by atoms with Gasteiger partial charge in [-0.25, -0.2) is 4.39 Å². The van der Waals surface area contributed by atoms with Crippen LogP contribution in [0.5, 0.6) is 5.75 Å². The zero-order valence-electron chi connectivity index (χ0n) is 11.3. The number of benzene rings is 1. The van der Waals surface area contributed by atoms with Crippen LogP contribution in [0.1, 0.15) is 31.1 Å². The first-order valence-electron chi connectivity index (χ1n) is 6.13. The van der Waals surface area contributed by atoms with Crippen molar-refractivity contribution in [3.63, 3.8) is 0 Å². The molecule has 1 rings (SSSR count). The third kappa shape index (κ3) is 4.69. The number of hydrogen-bond acceptors (Lipinski definition) is 3. The van der Waals surface area contributed by atoms with Gasteiger partial charge in [0.1, 0.15) is 11.6 Å². The highest BCUT2D eigenvalue weighted by Crippen LogP contribution is 2.19. The molecule has 19 heavy (non-hydrogen) atoms. The van der Waals surface area contributed by atoms with Crippen molar-refractivity contribution in [1.82, 2.24) is 5.32 Å². The van der Waals surface area contributed by atoms with E-state index in [4.69, 9.17) is 4.74 Å². The summed E-state index contributed by atoms with van der Waals surface area (Å²) in [6, 6.07) is 3.59. The lowest BCUT2D eigenvalue weighted by Crippen LogP contribution is -2.38. The summed E-state index contributed by atoms with van der Waals surface area (Å²) >= 11 is 0. The van der Waals surface area contributed by atoms with Gasteiger partial charge in [0.05, 0.1) is 5.56 Å². The summed E-state index contributed by atoms with van der Waals surface area (Å²) in [4.78, 5) is 22.5. The van der Waals surface area contributed by atoms with Gasteiger partial charge in [-0.05, 0) is 31.0 Å². The molecular weight excluding hydrogens is 249 g/mol. The van der Waals surface area contributed by atoms with Crippen molar-refractivity contribution < 1.29 is 18.7 Å². The fraction of sp³-hybridized carbons (Fsp3) is 0.429. The van der Waals surface area contributed by atoms with Gasteiger partial charge >= 0.3 is 0 Å². The molecule has 0 aromatic heterocycles. The van der Waals surface area contributed by atoms with E-state index in [0.717, 1.165) is 6.07 Å². The Hall–Kier alpha value is -1.91. The van der Waals surface area contributed by atoms with Gasteiger partial charge in [-0.15, -0.1) is 0 Å². The maximum atomic E-state index is 12.9. The van der Waals surface area contributed by atoms with Crippen molar-refractivity contribution in [3.05, 3.63) is 29.6 Å². The summed E-state index contributed by atoms with van der Waals surface area (Å²) in [5.74, 6) is -0.252. The molecule has 1 aromatic carbocycles. The van der Waals surface area contributed by atoms with Gasteiger partial charge in [-0.3, -0.25) is 9.59 Å². The number of carbonyl (C=O) groups excluding carboxylic acids is 2. The Balaban J connectivity index is 2.68. The van der Waals surface area contributed by atoms with Crippen LogP contribution in [0.3, 0.4) is 0 Å². The summed E-state index contributed by atoms with van der Waals surface area (Å²) in [6.07, 6.45) is -0.250. The zero-order chi connectivity index (χ0) is 14.4. The highest BCUT2D eigenvalue weighted by molar-refractivity contribution is 5.82. The molecule has 0 aliphatic carbocycles. The molecule has 0 aliphatic rings. The van der Waals surface area contributed by atoms with E-state index >= 15 is 0 Å². The van der Waals surface area contributed by atoms with Crippen LogP contribution in [0.4, 0.5) is 4.39 Å². The molecule has 0 radical (unpaired) electrons. The van der Waals surface area contributed by atoms with E-state index in [0.29, 0.717) is 18.7 Å². The summed E-state index contributed by atoms with van der Waals surface area (Å²) in [6.45, 7) is 6.09. The molecule has 1 atom stereocenters. The summed E-state index contributed by atoms with van der Waals surface area (Å²) < 4.78 is 18.3. The van der Waals surface area contributed by atoms with E-state index in [2.05, 4.69) is 5.32 Å². The summed E-state index contributed by atoms with van der Waals surface area (Å²) in [5, 5.41) is 2.72. The van der Waals surface area contributed by atoms with Crippen molar-refractivity contribution in [2.24, 2.45) is 5.92 Å². The van der Waals surface area contributed by atoms with Gasteiger partial charge in [0.25, 0.3) is 5.91 Å². The highest BCUT2D eigenvalue weighted by Gasteiger charge is 2.16. The number of aldehydes is 1. The normalized spacial score (nSPS) is 12.1. The molecule has 0 saturated heterocycles. The first-order valence-corrected chi connectivity index (χ1v) is 6.13. The van der Waals surface area contributed by atoms with Crippen molar-refractivity contribution in [1.29, 1.82) is 0 Å². The zero-order valence-corrected chi connectivity index (χ0v) is 11.3. The molecule has 0 aliphatic heterocycles. The largest absolute Gasteiger partial charge is 0.480 e. The van der Waals surface area contributed by atoms with Crippen molar-refractivity contribution in [3.8, 4) is 5.75 Å². The van der Waals surface area contributed by atoms with Gasteiger partial charge in [0, 0.05) is 6.54 Å². The summed E-state index contributed by atoms with van der Waals surface area (Å²) in [5.41, 5.74) is 0.0866. The maximum absolute atomic E-state index is 12.9. The SMILES string of the molecule is CC(C)CNC(=O)C(C)Oc1ccc(F)cc1C=O. The van der Waals surface area contributed by atoms with Crippen molar-refractivity contribution in [2.45, 2.75) is 26.9 Å². The van der Waals surface area contributed by atoms with Gasteiger partial charge in [-0.1, -0.05) is 13.8 Å². The Kier molecular flexibility index (Phi) is 5.48. The summed E-state index contributed by atoms with van der Waals surface area (Å²) in [7, 11) is 0. The Labute approximate surface area is 112 Å². The number of carbonyl (C=O) groups is 2. The standard InChI is InChI=1S/C14H18FNO3/c1-9(2)7-16-14(18)10(3)19-13-5-4-12(15)6-11(13)8-17/h4-6,8-10H,7H2,1-3H3,(H,16,18). The third-order valence-electron chi connectivity index (χ3n) is 2.46. The Morgan fingerprint density at radius 1 is 1.42 bits per heavy atom. The maximum Gasteiger partial charge on any atom is 0.260 e. The lowest BCUT2D eigenvalue weighted by Gasteiger charge is -2.16. The molecule has 0 bridgehead atoms. The fourth-order valence-corrected chi connectivity index (χ4v) is 1.41. The topological polar surface area (TPSA) is 55.4 Å². The minimum atomic E-state index is -0.747. The molecule has 0 heterocycles. The Bertz CT molecular complexity index is 460. The van der Waals surface area contributed by atoms with Crippen LogP contribution in [-0.2, 0) is 4.79 Å². The lowest BCUT2D eigenvalue weighted by atomic mass is 10.2. The quantitative estimate of drug-likeness (QED) is 0.804. The monoisotopic (exact) mass is 267 g/mol. The van der Waals surface area contributed by atoms with Gasteiger partial charge in [0.15, 0.2) is 12.4 Å². The highest BCUT2D eigenvalue weighted by atomic mass is 19.1. The molecule has 0 saturated carbocycles. The second-order valence-corrected chi connectivity index (χ2v) is 4.70. The Morgan fingerprint density at radius 2 is 2.11 bits per heavy atom. The second-order valence-electron chi connectivity index (χ2n) is 4.70. The van der Waals surface area contributed by atoms with Gasteiger partial charge in [-0.2, -0.15) is 0 Å². The minimum Gasteiger partial charge on any atom is -0.480 e. The number of amides is 1. The Morgan fingerprint density at radius 3 is 2.68 bits per heavy atom. The average molecular weight is 267 g/mol. The molecule has 4 nitrogen and oxygen atoms in total. The molecular formula is C14H18FNO3. The van der Waals surface area contributed by atoms with Crippen molar-refractivity contribution >= 4 is 12.2 Å². The molecule has 1 unspecified atom stereocenters. The van der Waals surface area contributed by atoms with E-state index in [1.165, 1.54) is 12.1 Å². The first-order chi connectivity index (χ1) is 8.93. The predicted molar refractivity (Wildman–Crippen MR) is 69.7 cm³/mol. The predicted octanol–water partition coefficient (Wildman–Crippen LogP) is 2.18. The number of nitrogens with one attached hydrogen (secondary N) is 1. The van der Waals surface area contributed by atoms with Gasteiger partial charge in [0.2, 0.25) is 0 Å². The number of halogens is 1. The van der Waals surface area contributed by atoms with Crippen LogP contribution < -0.4 is 10.1 Å². The van der Waals surface area contributed by atoms with Crippen LogP contribution >= 0.6 is 0 Å². The average Bonchev–Trinajstić information content (AvgIpc) is 2.37. The van der Waals surface area contributed by atoms with Crippen LogP contribution in [0.15, 0.2) is 18.2 Å². The van der Waals surface area contributed by atoms with E-state index in [1.54, 1.807) is 6.92 Å². The van der Waals surface area contributed by atoms with E-state index < -0.39 is 11.9 Å². The molecule has 104 valence electrons. The van der Waals surface area contributed by atoms with Crippen LogP contribution in [-0.4, -0.2) is 24.8 Å². The fourth-order valence-electron chi connectivity index (χ4n) is 1.41. The van der Waals surface area contributed by atoms with E-state index in [-0.39, 0.29) is 17.2 Å². The van der Waals surface area contributed by atoms with E-state index in [1.807, 2.05) is 13.8 Å². The van der Waals surface area contributed by atoms with E-state index in [9.17, 15) is 14.0 Å². The smallest absolute Gasteiger partial charge is 0.260 e.